The number of nitrogens with zero attached hydrogens (tertiary/aromatic N) is 1. The summed E-state index contributed by atoms with van der Waals surface area (Å²) in [7, 11) is 2.01. The first-order chi connectivity index (χ1) is 9.11. The number of nitrogens with two attached hydrogens (primary N) is 1. The van der Waals surface area contributed by atoms with Crippen molar-refractivity contribution in [1.29, 1.82) is 0 Å². The molecule has 3 N–H and O–H groups in total. The summed E-state index contributed by atoms with van der Waals surface area (Å²) in [5.74, 6) is 5.86. The summed E-state index contributed by atoms with van der Waals surface area (Å²) in [5.41, 5.74) is 4.31. The monoisotopic (exact) mass is 279 g/mol. The van der Waals surface area contributed by atoms with Gasteiger partial charge in [0.05, 0.1) is 11.1 Å². The highest BCUT2D eigenvalue weighted by atomic mass is 32.1. The van der Waals surface area contributed by atoms with Crippen molar-refractivity contribution >= 4 is 17.2 Å². The third kappa shape index (κ3) is 3.23. The first-order valence-electron chi connectivity index (χ1n) is 5.90. The minimum Gasteiger partial charge on any atom is -0.469 e. The van der Waals surface area contributed by atoms with Crippen LogP contribution in [0.1, 0.15) is 26.6 Å². The first-order valence-corrected chi connectivity index (χ1v) is 6.78. The fourth-order valence-electron chi connectivity index (χ4n) is 1.94. The predicted octanol–water partition coefficient (Wildman–Crippen LogP) is 1.89. The molecule has 2 heterocycles. The minimum absolute atomic E-state index is 0.238. The van der Waals surface area contributed by atoms with Crippen LogP contribution in [0.15, 0.2) is 28.2 Å². The number of nitrogens with one attached hydrogen (secondary N) is 1. The third-order valence-electron chi connectivity index (χ3n) is 2.93. The largest absolute Gasteiger partial charge is 0.469 e. The number of carbonyl (C=O) groups excluding carboxylic acids is 1. The Kier molecular flexibility index (Phi) is 4.36. The molecule has 6 heteroatoms. The molecule has 2 aromatic rings. The molecular weight excluding hydrogens is 262 g/mol. The number of nitrogen functional groups attached to an aromatic ring is 1. The molecule has 0 saturated heterocycles. The van der Waals surface area contributed by atoms with Gasteiger partial charge in [-0.25, -0.2) is 5.84 Å². The molecule has 0 aliphatic heterocycles. The Labute approximate surface area is 116 Å². The van der Waals surface area contributed by atoms with E-state index in [2.05, 4.69) is 10.3 Å². The lowest BCUT2D eigenvalue weighted by atomic mass is 10.2. The predicted molar refractivity (Wildman–Crippen MR) is 74.6 cm³/mol. The maximum atomic E-state index is 11.6. The molecule has 0 bridgehead atoms. The molecule has 0 aliphatic rings. The Bertz CT molecular complexity index is 562. The number of amides is 1. The second-order valence-corrected chi connectivity index (χ2v) is 5.34. The quantitative estimate of drug-likeness (QED) is 0.498. The highest BCUT2D eigenvalue weighted by molar-refractivity contribution is 7.12. The summed E-state index contributed by atoms with van der Waals surface area (Å²) in [6, 6.07) is 3.92. The zero-order valence-corrected chi connectivity index (χ0v) is 11.8. The standard InChI is InChI=1S/C13H17N3O2S/c1-9-10(3-5-18-9)7-16(2)8-11-4-6-19-12(11)13(17)15-14/h3-6H,7-8,14H2,1-2H3,(H,15,17). The molecular formula is C13H17N3O2S. The summed E-state index contributed by atoms with van der Waals surface area (Å²) in [4.78, 5) is 14.4. The van der Waals surface area contributed by atoms with Crippen LogP contribution in [0.3, 0.4) is 0 Å². The van der Waals surface area contributed by atoms with Gasteiger partial charge in [0.15, 0.2) is 0 Å². The summed E-state index contributed by atoms with van der Waals surface area (Å²) >= 11 is 1.40. The molecule has 102 valence electrons. The molecule has 19 heavy (non-hydrogen) atoms. The van der Waals surface area contributed by atoms with Crippen molar-refractivity contribution in [2.24, 2.45) is 5.84 Å². The molecule has 1 amide bonds. The Morgan fingerprint density at radius 1 is 1.42 bits per heavy atom. The van der Waals surface area contributed by atoms with Crippen molar-refractivity contribution < 1.29 is 9.21 Å². The highest BCUT2D eigenvalue weighted by Gasteiger charge is 2.14. The normalized spacial score (nSPS) is 10.9. The number of furan rings is 1. The number of hydrazine groups is 1. The van der Waals surface area contributed by atoms with Gasteiger partial charge < -0.3 is 4.42 Å². The van der Waals surface area contributed by atoms with Gasteiger partial charge in [-0.3, -0.25) is 15.1 Å². The van der Waals surface area contributed by atoms with Crippen LogP contribution >= 0.6 is 11.3 Å². The van der Waals surface area contributed by atoms with Gasteiger partial charge in [0.1, 0.15) is 5.76 Å². The van der Waals surface area contributed by atoms with Gasteiger partial charge in [-0.15, -0.1) is 11.3 Å². The third-order valence-corrected chi connectivity index (χ3v) is 3.89. The van der Waals surface area contributed by atoms with Crippen molar-refractivity contribution in [3.63, 3.8) is 0 Å². The van der Waals surface area contributed by atoms with Crippen LogP contribution in [0.2, 0.25) is 0 Å². The number of rotatable bonds is 5. The van der Waals surface area contributed by atoms with E-state index in [4.69, 9.17) is 10.3 Å². The molecule has 0 aromatic carbocycles. The molecule has 0 aliphatic carbocycles. The summed E-state index contributed by atoms with van der Waals surface area (Å²) < 4.78 is 5.27. The minimum atomic E-state index is -0.238. The lowest BCUT2D eigenvalue weighted by Crippen LogP contribution is -2.30. The summed E-state index contributed by atoms with van der Waals surface area (Å²) in [5, 5.41) is 1.90. The number of hydrogen-bond donors (Lipinski definition) is 2. The van der Waals surface area contributed by atoms with Gasteiger partial charge in [-0.05, 0) is 37.0 Å². The van der Waals surface area contributed by atoms with E-state index in [1.54, 1.807) is 6.26 Å². The van der Waals surface area contributed by atoms with E-state index in [-0.39, 0.29) is 5.91 Å². The fraction of sp³-hybridized carbons (Fsp3) is 0.308. The lowest BCUT2D eigenvalue weighted by Gasteiger charge is -2.16. The number of hydrogen-bond acceptors (Lipinski definition) is 5. The molecule has 0 saturated carbocycles. The average molecular weight is 279 g/mol. The van der Waals surface area contributed by atoms with E-state index in [1.807, 2.05) is 31.5 Å². The molecule has 0 radical (unpaired) electrons. The Balaban J connectivity index is 2.03. The van der Waals surface area contributed by atoms with E-state index in [0.29, 0.717) is 11.4 Å². The zero-order chi connectivity index (χ0) is 13.8. The Morgan fingerprint density at radius 3 is 2.79 bits per heavy atom. The van der Waals surface area contributed by atoms with Crippen LogP contribution in [0.4, 0.5) is 0 Å². The molecule has 0 spiro atoms. The Hall–Kier alpha value is -1.63. The molecule has 0 atom stereocenters. The van der Waals surface area contributed by atoms with Gasteiger partial charge in [0.2, 0.25) is 0 Å². The van der Waals surface area contributed by atoms with E-state index in [1.165, 1.54) is 11.3 Å². The van der Waals surface area contributed by atoms with Crippen molar-refractivity contribution in [3.05, 3.63) is 45.5 Å². The second kappa shape index (κ2) is 6.01. The molecule has 2 rings (SSSR count). The van der Waals surface area contributed by atoms with Crippen LogP contribution in [-0.4, -0.2) is 17.9 Å². The van der Waals surface area contributed by atoms with E-state index in [0.717, 1.165) is 23.4 Å². The average Bonchev–Trinajstić information content (AvgIpc) is 2.99. The van der Waals surface area contributed by atoms with Gasteiger partial charge in [0.25, 0.3) is 5.91 Å². The van der Waals surface area contributed by atoms with Crippen LogP contribution in [0.5, 0.6) is 0 Å². The molecule has 0 unspecified atom stereocenters. The summed E-state index contributed by atoms with van der Waals surface area (Å²) in [6.45, 7) is 3.42. The van der Waals surface area contributed by atoms with Gasteiger partial charge >= 0.3 is 0 Å². The van der Waals surface area contributed by atoms with E-state index in [9.17, 15) is 4.79 Å². The highest BCUT2D eigenvalue weighted by Crippen LogP contribution is 2.19. The number of thiophene rings is 1. The van der Waals surface area contributed by atoms with Crippen LogP contribution < -0.4 is 11.3 Å². The van der Waals surface area contributed by atoms with Gasteiger partial charge in [-0.2, -0.15) is 0 Å². The van der Waals surface area contributed by atoms with E-state index < -0.39 is 0 Å². The molecule has 0 fully saturated rings. The van der Waals surface area contributed by atoms with Crippen LogP contribution in [0.25, 0.3) is 0 Å². The Morgan fingerprint density at radius 2 is 2.16 bits per heavy atom. The zero-order valence-electron chi connectivity index (χ0n) is 11.0. The molecule has 5 nitrogen and oxygen atoms in total. The van der Waals surface area contributed by atoms with Gasteiger partial charge in [-0.1, -0.05) is 0 Å². The van der Waals surface area contributed by atoms with Crippen LogP contribution in [0, 0.1) is 6.92 Å². The SMILES string of the molecule is Cc1occc1CN(C)Cc1ccsc1C(=O)NN. The smallest absolute Gasteiger partial charge is 0.275 e. The van der Waals surface area contributed by atoms with Crippen LogP contribution in [-0.2, 0) is 13.1 Å². The first kappa shape index (κ1) is 13.8. The summed E-state index contributed by atoms with van der Waals surface area (Å²) in [6.07, 6.45) is 1.69. The maximum Gasteiger partial charge on any atom is 0.275 e. The fourth-order valence-corrected chi connectivity index (χ4v) is 2.76. The van der Waals surface area contributed by atoms with Gasteiger partial charge in [0, 0.05) is 18.7 Å². The van der Waals surface area contributed by atoms with Crippen molar-refractivity contribution in [3.8, 4) is 0 Å². The topological polar surface area (TPSA) is 71.5 Å². The second-order valence-electron chi connectivity index (χ2n) is 4.42. The van der Waals surface area contributed by atoms with Crippen molar-refractivity contribution in [2.75, 3.05) is 7.05 Å². The lowest BCUT2D eigenvalue weighted by molar-refractivity contribution is 0.0956. The van der Waals surface area contributed by atoms with E-state index >= 15 is 0 Å². The van der Waals surface area contributed by atoms with Crippen molar-refractivity contribution in [2.45, 2.75) is 20.0 Å². The van der Waals surface area contributed by atoms with Crippen molar-refractivity contribution in [1.82, 2.24) is 10.3 Å². The number of aryl methyl sites for hydroxylation is 1. The number of carbonyl (C=O) groups is 1. The molecule has 2 aromatic heterocycles. The maximum absolute atomic E-state index is 11.6.